The molecule has 0 aliphatic heterocycles. The third kappa shape index (κ3) is 4.05. The summed E-state index contributed by atoms with van der Waals surface area (Å²) < 4.78 is 0. The van der Waals surface area contributed by atoms with Gasteiger partial charge in [-0.1, -0.05) is 23.7 Å². The number of hydrogen-bond donors (Lipinski definition) is 2. The number of Topliss-reactive ketones (excluding diaryl/α,β-unsaturated/α-hetero) is 1. The number of nitrogens with zero attached hydrogens (tertiary/aromatic N) is 3. The standard InChI is InChI=1S/C17H14ClN5O/c1-11(24)12-3-2-4-15(9-12)20-16-10-19-23-17(22-16)21-14-7-5-13(18)6-8-14/h2-10H,1H3,(H2,20,21,22,23). The first-order chi connectivity index (χ1) is 11.6. The molecule has 1 aromatic heterocycles. The van der Waals surface area contributed by atoms with Crippen molar-refractivity contribution in [1.29, 1.82) is 0 Å². The van der Waals surface area contributed by atoms with E-state index in [1.54, 1.807) is 30.3 Å². The van der Waals surface area contributed by atoms with Gasteiger partial charge in [-0.05, 0) is 43.3 Å². The van der Waals surface area contributed by atoms with Crippen LogP contribution in [0, 0.1) is 0 Å². The fraction of sp³-hybridized carbons (Fsp3) is 0.0588. The number of rotatable bonds is 5. The van der Waals surface area contributed by atoms with Gasteiger partial charge in [0.15, 0.2) is 11.6 Å². The molecule has 1 heterocycles. The zero-order chi connectivity index (χ0) is 16.9. The van der Waals surface area contributed by atoms with Crippen molar-refractivity contribution >= 4 is 40.5 Å². The Kier molecular flexibility index (Phi) is 4.67. The summed E-state index contributed by atoms with van der Waals surface area (Å²) in [6.45, 7) is 1.53. The lowest BCUT2D eigenvalue weighted by Gasteiger charge is -2.08. The second-order valence-electron chi connectivity index (χ2n) is 5.06. The van der Waals surface area contributed by atoms with E-state index < -0.39 is 0 Å². The summed E-state index contributed by atoms with van der Waals surface area (Å²) in [4.78, 5) is 15.8. The molecule has 3 rings (SSSR count). The molecule has 0 radical (unpaired) electrons. The maximum Gasteiger partial charge on any atom is 0.249 e. The second kappa shape index (κ2) is 7.06. The zero-order valence-corrected chi connectivity index (χ0v) is 13.6. The number of hydrogen-bond acceptors (Lipinski definition) is 6. The monoisotopic (exact) mass is 339 g/mol. The molecule has 0 aliphatic carbocycles. The van der Waals surface area contributed by atoms with Gasteiger partial charge in [0.2, 0.25) is 5.95 Å². The number of nitrogens with one attached hydrogen (secondary N) is 2. The van der Waals surface area contributed by atoms with Crippen LogP contribution in [0.5, 0.6) is 0 Å². The van der Waals surface area contributed by atoms with Crippen molar-refractivity contribution in [1.82, 2.24) is 15.2 Å². The van der Waals surface area contributed by atoms with E-state index in [2.05, 4.69) is 25.8 Å². The van der Waals surface area contributed by atoms with Crippen LogP contribution in [0.15, 0.2) is 54.7 Å². The lowest BCUT2D eigenvalue weighted by Crippen LogP contribution is -2.02. The molecule has 0 spiro atoms. The average Bonchev–Trinajstić information content (AvgIpc) is 2.57. The summed E-state index contributed by atoms with van der Waals surface area (Å²) in [5.74, 6) is 0.872. The molecule has 120 valence electrons. The van der Waals surface area contributed by atoms with E-state index in [4.69, 9.17) is 11.6 Å². The molecule has 6 nitrogen and oxygen atoms in total. The van der Waals surface area contributed by atoms with Crippen molar-refractivity contribution in [3.63, 3.8) is 0 Å². The molecule has 0 atom stereocenters. The minimum absolute atomic E-state index is 0.00422. The van der Waals surface area contributed by atoms with Gasteiger partial charge in [0.1, 0.15) is 0 Å². The van der Waals surface area contributed by atoms with Crippen molar-refractivity contribution in [3.05, 3.63) is 65.3 Å². The largest absolute Gasteiger partial charge is 0.339 e. The summed E-state index contributed by atoms with van der Waals surface area (Å²) in [6, 6.07) is 14.4. The zero-order valence-electron chi connectivity index (χ0n) is 12.8. The van der Waals surface area contributed by atoms with E-state index >= 15 is 0 Å². The van der Waals surface area contributed by atoms with Gasteiger partial charge in [-0.3, -0.25) is 4.79 Å². The molecule has 0 saturated heterocycles. The summed E-state index contributed by atoms with van der Waals surface area (Å²) in [6.07, 6.45) is 1.51. The van der Waals surface area contributed by atoms with Crippen LogP contribution in [0.3, 0.4) is 0 Å². The number of benzene rings is 2. The number of carbonyl (C=O) groups excluding carboxylic acids is 1. The van der Waals surface area contributed by atoms with Gasteiger partial charge in [0, 0.05) is 22.0 Å². The van der Waals surface area contributed by atoms with Gasteiger partial charge in [-0.2, -0.15) is 10.1 Å². The Balaban J connectivity index is 1.76. The topological polar surface area (TPSA) is 79.8 Å². The predicted octanol–water partition coefficient (Wildman–Crippen LogP) is 4.21. The van der Waals surface area contributed by atoms with Crippen LogP contribution in [0.2, 0.25) is 5.02 Å². The first-order valence-electron chi connectivity index (χ1n) is 7.20. The Hall–Kier alpha value is -2.99. The first kappa shape index (κ1) is 15.9. The quantitative estimate of drug-likeness (QED) is 0.678. The van der Waals surface area contributed by atoms with Gasteiger partial charge in [0.25, 0.3) is 0 Å². The molecule has 0 amide bonds. The van der Waals surface area contributed by atoms with E-state index in [1.165, 1.54) is 13.1 Å². The second-order valence-corrected chi connectivity index (χ2v) is 5.50. The molecule has 0 unspecified atom stereocenters. The van der Waals surface area contributed by atoms with E-state index in [-0.39, 0.29) is 5.78 Å². The highest BCUT2D eigenvalue weighted by Gasteiger charge is 2.04. The van der Waals surface area contributed by atoms with Gasteiger partial charge >= 0.3 is 0 Å². The van der Waals surface area contributed by atoms with Gasteiger partial charge in [-0.15, -0.1) is 5.10 Å². The molecule has 2 N–H and O–H groups in total. The Morgan fingerprint density at radius 3 is 2.58 bits per heavy atom. The third-order valence-electron chi connectivity index (χ3n) is 3.20. The molecule has 0 fully saturated rings. The SMILES string of the molecule is CC(=O)c1cccc(Nc2cnnc(Nc3ccc(Cl)cc3)n2)c1. The molecule has 24 heavy (non-hydrogen) atoms. The van der Waals surface area contributed by atoms with Crippen LogP contribution in [0.4, 0.5) is 23.1 Å². The van der Waals surface area contributed by atoms with E-state index in [0.717, 1.165) is 11.4 Å². The molecule has 0 aliphatic rings. The summed E-state index contributed by atoms with van der Waals surface area (Å²) in [7, 11) is 0. The van der Waals surface area contributed by atoms with Crippen molar-refractivity contribution in [2.45, 2.75) is 6.92 Å². The number of aromatic nitrogens is 3. The Bertz CT molecular complexity index is 867. The smallest absolute Gasteiger partial charge is 0.249 e. The van der Waals surface area contributed by atoms with E-state index in [0.29, 0.717) is 22.4 Å². The van der Waals surface area contributed by atoms with Crippen molar-refractivity contribution in [2.24, 2.45) is 0 Å². The number of ketones is 1. The first-order valence-corrected chi connectivity index (χ1v) is 7.58. The lowest BCUT2D eigenvalue weighted by atomic mass is 10.1. The molecular formula is C17H14ClN5O. The predicted molar refractivity (Wildman–Crippen MR) is 94.3 cm³/mol. The molecule has 2 aromatic carbocycles. The molecule has 7 heteroatoms. The van der Waals surface area contributed by atoms with Gasteiger partial charge < -0.3 is 10.6 Å². The Labute approximate surface area is 143 Å². The van der Waals surface area contributed by atoms with Gasteiger partial charge in [0.05, 0.1) is 6.20 Å². The summed E-state index contributed by atoms with van der Waals surface area (Å²) in [5, 5.41) is 14.7. The Morgan fingerprint density at radius 2 is 1.83 bits per heavy atom. The van der Waals surface area contributed by atoms with Gasteiger partial charge in [-0.25, -0.2) is 0 Å². The fourth-order valence-corrected chi connectivity index (χ4v) is 2.17. The summed E-state index contributed by atoms with van der Waals surface area (Å²) in [5.41, 5.74) is 2.18. The molecular weight excluding hydrogens is 326 g/mol. The number of halogens is 1. The lowest BCUT2D eigenvalue weighted by molar-refractivity contribution is 0.101. The highest BCUT2D eigenvalue weighted by molar-refractivity contribution is 6.30. The Morgan fingerprint density at radius 1 is 1.04 bits per heavy atom. The van der Waals surface area contributed by atoms with Crippen LogP contribution in [0.25, 0.3) is 0 Å². The highest BCUT2D eigenvalue weighted by Crippen LogP contribution is 2.19. The minimum Gasteiger partial charge on any atom is -0.339 e. The van der Waals surface area contributed by atoms with Crippen molar-refractivity contribution in [2.75, 3.05) is 10.6 Å². The van der Waals surface area contributed by atoms with Crippen LogP contribution in [-0.4, -0.2) is 21.0 Å². The van der Waals surface area contributed by atoms with Crippen LogP contribution >= 0.6 is 11.6 Å². The van der Waals surface area contributed by atoms with E-state index in [1.807, 2.05) is 18.2 Å². The van der Waals surface area contributed by atoms with E-state index in [9.17, 15) is 4.79 Å². The molecule has 0 bridgehead atoms. The molecule has 3 aromatic rings. The van der Waals surface area contributed by atoms with Crippen LogP contribution < -0.4 is 10.6 Å². The van der Waals surface area contributed by atoms with Crippen molar-refractivity contribution in [3.8, 4) is 0 Å². The van der Waals surface area contributed by atoms with Crippen LogP contribution in [0.1, 0.15) is 17.3 Å². The maximum atomic E-state index is 11.4. The normalized spacial score (nSPS) is 10.2. The van der Waals surface area contributed by atoms with Crippen LogP contribution in [-0.2, 0) is 0 Å². The molecule has 0 saturated carbocycles. The average molecular weight is 340 g/mol. The fourth-order valence-electron chi connectivity index (χ4n) is 2.04. The number of carbonyl (C=O) groups is 1. The minimum atomic E-state index is 0.00422. The summed E-state index contributed by atoms with van der Waals surface area (Å²) >= 11 is 5.86. The number of anilines is 4. The third-order valence-corrected chi connectivity index (χ3v) is 3.45. The van der Waals surface area contributed by atoms with Crippen molar-refractivity contribution < 1.29 is 4.79 Å². The highest BCUT2D eigenvalue weighted by atomic mass is 35.5. The maximum absolute atomic E-state index is 11.4.